The fourth-order valence-corrected chi connectivity index (χ4v) is 1.65. The Hall–Kier alpha value is -2.28. The van der Waals surface area contributed by atoms with Crippen molar-refractivity contribution in [3.8, 4) is 0 Å². The zero-order valence-electron chi connectivity index (χ0n) is 10.2. The molecule has 1 atom stereocenters. The minimum absolute atomic E-state index is 0.0429. The van der Waals surface area contributed by atoms with Gasteiger partial charge in [-0.2, -0.15) is 4.98 Å². The Bertz CT molecular complexity index is 576. The molecule has 0 aliphatic carbocycles. The quantitative estimate of drug-likeness (QED) is 0.583. The van der Waals surface area contributed by atoms with Crippen molar-refractivity contribution in [3.05, 3.63) is 47.7 Å². The molecule has 4 N–H and O–H groups in total. The van der Waals surface area contributed by atoms with Gasteiger partial charge in [0.15, 0.2) is 11.6 Å². The van der Waals surface area contributed by atoms with Gasteiger partial charge in [0.1, 0.15) is 5.82 Å². The van der Waals surface area contributed by atoms with Crippen LogP contribution in [0.15, 0.2) is 30.5 Å². The monoisotopic (exact) mass is 265 g/mol. The van der Waals surface area contributed by atoms with Crippen LogP contribution in [0.3, 0.4) is 0 Å². The highest BCUT2D eigenvalue weighted by Crippen LogP contribution is 2.22. The maximum atomic E-state index is 13.6. The molecule has 0 bridgehead atoms. The molecule has 5 nitrogen and oxygen atoms in total. The summed E-state index contributed by atoms with van der Waals surface area (Å²) >= 11 is 0. The molecule has 2 aromatic rings. The van der Waals surface area contributed by atoms with Gasteiger partial charge in [0.05, 0.1) is 12.2 Å². The smallest absolute Gasteiger partial charge is 0.239 e. The van der Waals surface area contributed by atoms with Crippen molar-refractivity contribution in [3.63, 3.8) is 0 Å². The predicted octanol–water partition coefficient (Wildman–Crippen LogP) is 2.21. The van der Waals surface area contributed by atoms with Crippen LogP contribution in [0.1, 0.15) is 18.5 Å². The number of nitrogens with two attached hydrogens (primary N) is 1. The summed E-state index contributed by atoms with van der Waals surface area (Å²) in [6.07, 6.45) is 0.985. The molecular formula is C12H13F2N5. The highest BCUT2D eigenvalue weighted by Gasteiger charge is 2.14. The van der Waals surface area contributed by atoms with E-state index < -0.39 is 11.9 Å². The number of halogens is 2. The van der Waals surface area contributed by atoms with Crippen molar-refractivity contribution in [2.24, 2.45) is 5.84 Å². The van der Waals surface area contributed by atoms with Gasteiger partial charge < -0.3 is 5.32 Å². The lowest BCUT2D eigenvalue weighted by molar-refractivity contribution is 0.593. The topological polar surface area (TPSA) is 75.9 Å². The molecule has 7 heteroatoms. The molecular weight excluding hydrogens is 252 g/mol. The Morgan fingerprint density at radius 2 is 1.95 bits per heavy atom. The summed E-state index contributed by atoms with van der Waals surface area (Å²) in [5, 5.41) is 2.78. The molecule has 0 fully saturated rings. The van der Waals surface area contributed by atoms with Gasteiger partial charge in [-0.3, -0.25) is 5.43 Å². The van der Waals surface area contributed by atoms with Gasteiger partial charge in [-0.1, -0.05) is 18.2 Å². The molecule has 1 unspecified atom stereocenters. The van der Waals surface area contributed by atoms with Gasteiger partial charge in [0.2, 0.25) is 5.95 Å². The van der Waals surface area contributed by atoms with Crippen LogP contribution in [0.4, 0.5) is 20.5 Å². The lowest BCUT2D eigenvalue weighted by atomic mass is 10.1. The molecule has 1 aromatic heterocycles. The van der Waals surface area contributed by atoms with Crippen LogP contribution < -0.4 is 16.6 Å². The summed E-state index contributed by atoms with van der Waals surface area (Å²) < 4.78 is 27.1. The third kappa shape index (κ3) is 2.94. The minimum atomic E-state index is -0.637. The highest BCUT2D eigenvalue weighted by molar-refractivity contribution is 5.43. The maximum Gasteiger partial charge on any atom is 0.239 e. The molecule has 2 rings (SSSR count). The van der Waals surface area contributed by atoms with E-state index in [1.165, 1.54) is 6.07 Å². The van der Waals surface area contributed by atoms with Gasteiger partial charge in [-0.15, -0.1) is 0 Å². The molecule has 0 radical (unpaired) electrons. The number of rotatable bonds is 4. The molecule has 0 saturated carbocycles. The van der Waals surface area contributed by atoms with Crippen LogP contribution >= 0.6 is 0 Å². The number of nitrogen functional groups attached to an aromatic ring is 1. The zero-order valence-corrected chi connectivity index (χ0v) is 10.2. The van der Waals surface area contributed by atoms with E-state index in [2.05, 4.69) is 20.7 Å². The zero-order chi connectivity index (χ0) is 13.8. The van der Waals surface area contributed by atoms with Crippen molar-refractivity contribution >= 4 is 11.8 Å². The van der Waals surface area contributed by atoms with E-state index in [0.29, 0.717) is 5.56 Å². The average Bonchev–Trinajstić information content (AvgIpc) is 2.41. The predicted molar refractivity (Wildman–Crippen MR) is 68.2 cm³/mol. The Labute approximate surface area is 108 Å². The fourth-order valence-electron chi connectivity index (χ4n) is 1.65. The first kappa shape index (κ1) is 13.2. The van der Waals surface area contributed by atoms with Gasteiger partial charge >= 0.3 is 0 Å². The summed E-state index contributed by atoms with van der Waals surface area (Å²) in [4.78, 5) is 7.45. The number of anilines is 2. The van der Waals surface area contributed by atoms with Gasteiger partial charge in [0, 0.05) is 5.56 Å². The first-order valence-corrected chi connectivity index (χ1v) is 5.62. The summed E-state index contributed by atoms with van der Waals surface area (Å²) in [6, 6.07) is 5.81. The standard InChI is InChI=1S/C12H13F2N5/c1-7(8-4-2-3-5-9(8)13)17-11-10(14)6-16-12(18-11)19-15/h2-7H,15H2,1H3,(H2,16,17,18,19). The van der Waals surface area contributed by atoms with Crippen LogP contribution in [0.5, 0.6) is 0 Å². The number of nitrogens with zero attached hydrogens (tertiary/aromatic N) is 2. The fraction of sp³-hybridized carbons (Fsp3) is 0.167. The number of aromatic nitrogens is 2. The molecule has 0 saturated heterocycles. The number of nitrogens with one attached hydrogen (secondary N) is 2. The lowest BCUT2D eigenvalue weighted by Crippen LogP contribution is -2.15. The molecule has 0 aliphatic rings. The summed E-state index contributed by atoms with van der Waals surface area (Å²) in [5.74, 6) is 4.18. The van der Waals surface area contributed by atoms with E-state index in [4.69, 9.17) is 5.84 Å². The van der Waals surface area contributed by atoms with E-state index in [0.717, 1.165) is 6.20 Å². The molecule has 19 heavy (non-hydrogen) atoms. The van der Waals surface area contributed by atoms with Crippen molar-refractivity contribution in [1.82, 2.24) is 9.97 Å². The minimum Gasteiger partial charge on any atom is -0.361 e. The summed E-state index contributed by atoms with van der Waals surface area (Å²) in [6.45, 7) is 1.70. The van der Waals surface area contributed by atoms with Crippen LogP contribution in [-0.4, -0.2) is 9.97 Å². The highest BCUT2D eigenvalue weighted by atomic mass is 19.1. The van der Waals surface area contributed by atoms with Gasteiger partial charge in [-0.25, -0.2) is 19.6 Å². The van der Waals surface area contributed by atoms with Crippen LogP contribution in [0.2, 0.25) is 0 Å². The van der Waals surface area contributed by atoms with Gasteiger partial charge in [0.25, 0.3) is 0 Å². The Balaban J connectivity index is 2.24. The van der Waals surface area contributed by atoms with Crippen molar-refractivity contribution in [2.45, 2.75) is 13.0 Å². The molecule has 0 spiro atoms. The van der Waals surface area contributed by atoms with E-state index in [1.54, 1.807) is 25.1 Å². The number of benzene rings is 1. The van der Waals surface area contributed by atoms with Crippen molar-refractivity contribution in [2.75, 3.05) is 10.7 Å². The van der Waals surface area contributed by atoms with E-state index in [9.17, 15) is 8.78 Å². The second-order valence-corrected chi connectivity index (χ2v) is 3.92. The molecule has 0 aliphatic heterocycles. The number of hydrogen-bond donors (Lipinski definition) is 3. The van der Waals surface area contributed by atoms with Crippen LogP contribution in [0.25, 0.3) is 0 Å². The normalized spacial score (nSPS) is 12.0. The average molecular weight is 265 g/mol. The maximum absolute atomic E-state index is 13.6. The summed E-state index contributed by atoms with van der Waals surface area (Å²) in [5.41, 5.74) is 2.64. The Morgan fingerprint density at radius 1 is 1.21 bits per heavy atom. The Morgan fingerprint density at radius 3 is 2.63 bits per heavy atom. The van der Waals surface area contributed by atoms with Crippen molar-refractivity contribution in [1.29, 1.82) is 0 Å². The third-order valence-corrected chi connectivity index (χ3v) is 2.60. The lowest BCUT2D eigenvalue weighted by Gasteiger charge is -2.16. The Kier molecular flexibility index (Phi) is 3.86. The molecule has 1 heterocycles. The van der Waals surface area contributed by atoms with E-state index >= 15 is 0 Å². The second-order valence-electron chi connectivity index (χ2n) is 3.92. The molecule has 1 aromatic carbocycles. The SMILES string of the molecule is CC(Nc1nc(NN)ncc1F)c1ccccc1F. The number of hydrazine groups is 1. The second kappa shape index (κ2) is 5.57. The van der Waals surface area contributed by atoms with E-state index in [1.807, 2.05) is 0 Å². The largest absolute Gasteiger partial charge is 0.361 e. The van der Waals surface area contributed by atoms with Crippen LogP contribution in [-0.2, 0) is 0 Å². The first-order valence-electron chi connectivity index (χ1n) is 5.62. The third-order valence-electron chi connectivity index (χ3n) is 2.60. The molecule has 0 amide bonds. The molecule has 100 valence electrons. The number of hydrogen-bond acceptors (Lipinski definition) is 5. The van der Waals surface area contributed by atoms with Crippen molar-refractivity contribution < 1.29 is 8.78 Å². The first-order chi connectivity index (χ1) is 9.11. The van der Waals surface area contributed by atoms with E-state index in [-0.39, 0.29) is 17.6 Å². The summed E-state index contributed by atoms with van der Waals surface area (Å²) in [7, 11) is 0. The van der Waals surface area contributed by atoms with Crippen LogP contribution in [0, 0.1) is 11.6 Å². The van der Waals surface area contributed by atoms with Gasteiger partial charge in [-0.05, 0) is 13.0 Å².